The van der Waals surface area contributed by atoms with Gasteiger partial charge in [0.15, 0.2) is 5.58 Å². The molecule has 29 heavy (non-hydrogen) atoms. The maximum Gasteiger partial charge on any atom is 0.170 e. The second-order valence-corrected chi connectivity index (χ2v) is 6.88. The van der Waals surface area contributed by atoms with Gasteiger partial charge in [0.1, 0.15) is 5.82 Å². The minimum Gasteiger partial charge on any atom is -0.356 e. The fourth-order valence-corrected chi connectivity index (χ4v) is 3.60. The quantitative estimate of drug-likeness (QED) is 0.455. The van der Waals surface area contributed by atoms with Crippen LogP contribution < -0.4 is 5.17 Å². The first-order chi connectivity index (χ1) is 13.3. The summed E-state index contributed by atoms with van der Waals surface area (Å²) in [5, 5.41) is 9.31. The van der Waals surface area contributed by atoms with E-state index in [-0.39, 0.29) is 30.6 Å². The molecule has 0 radical (unpaired) electrons. The normalized spacial score (nSPS) is 15.0. The number of hydrogen-bond donors (Lipinski definition) is 0. The van der Waals surface area contributed by atoms with Gasteiger partial charge in [-0.25, -0.2) is 4.39 Å². The van der Waals surface area contributed by atoms with Crippen molar-refractivity contribution in [1.29, 1.82) is 0 Å². The van der Waals surface area contributed by atoms with Crippen LogP contribution in [0.15, 0.2) is 53.1 Å². The number of rotatable bonds is 6. The summed E-state index contributed by atoms with van der Waals surface area (Å²) in [6.07, 6.45) is 2.84. The highest BCUT2D eigenvalue weighted by atomic mass is 35.5. The maximum atomic E-state index is 13.4. The fraction of sp³-hybridized carbons (Fsp3) is 0.381. The van der Waals surface area contributed by atoms with Crippen LogP contribution in [-0.2, 0) is 4.84 Å². The molecule has 0 unspecified atom stereocenters. The first-order valence-electron chi connectivity index (χ1n) is 9.54. The number of nitrogens with zero attached hydrogens (tertiary/aromatic N) is 3. The summed E-state index contributed by atoms with van der Waals surface area (Å²) in [5.74, 6) is 0.00311. The molecule has 4 rings (SSSR count). The van der Waals surface area contributed by atoms with E-state index in [9.17, 15) is 4.39 Å². The van der Waals surface area contributed by atoms with E-state index in [1.54, 1.807) is 6.07 Å². The first-order valence-corrected chi connectivity index (χ1v) is 9.54. The van der Waals surface area contributed by atoms with Crippen LogP contribution in [0.2, 0.25) is 0 Å². The van der Waals surface area contributed by atoms with Gasteiger partial charge >= 0.3 is 0 Å². The van der Waals surface area contributed by atoms with Crippen molar-refractivity contribution in [2.75, 3.05) is 24.9 Å². The van der Waals surface area contributed by atoms with Gasteiger partial charge in [0.25, 0.3) is 0 Å². The Hall–Kier alpha value is -1.86. The molecule has 1 aromatic heterocycles. The second-order valence-electron chi connectivity index (χ2n) is 6.88. The summed E-state index contributed by atoms with van der Waals surface area (Å²) < 4.78 is 18.7. The van der Waals surface area contributed by atoms with Crippen molar-refractivity contribution in [3.63, 3.8) is 0 Å². The molecule has 1 aliphatic rings. The van der Waals surface area contributed by atoms with Crippen LogP contribution in [0.1, 0.15) is 37.8 Å². The van der Waals surface area contributed by atoms with E-state index in [4.69, 9.17) is 9.36 Å². The van der Waals surface area contributed by atoms with Gasteiger partial charge in [-0.3, -0.25) is 4.84 Å². The summed E-state index contributed by atoms with van der Waals surface area (Å²) >= 11 is 0. The highest BCUT2D eigenvalue weighted by Gasteiger charge is 2.28. The lowest BCUT2D eigenvalue weighted by Crippen LogP contribution is -2.47. The number of para-hydroxylation sites is 1. The molecular weight excluding hydrogens is 416 g/mol. The largest absolute Gasteiger partial charge is 0.356 e. The average Bonchev–Trinajstić information content (AvgIpc) is 3.12. The number of aromatic nitrogens is 1. The SMILES string of the molecule is CCCON(c1ccccc1)N1CCC(c2noc3cc(F)ccc23)CC1.Cl.Cl. The van der Waals surface area contributed by atoms with Crippen LogP contribution in [0.25, 0.3) is 11.0 Å². The van der Waals surface area contributed by atoms with Crippen LogP contribution in [0.5, 0.6) is 0 Å². The second kappa shape index (κ2) is 10.8. The maximum absolute atomic E-state index is 13.4. The van der Waals surface area contributed by atoms with Crippen LogP contribution in [0.4, 0.5) is 10.1 Å². The molecule has 0 atom stereocenters. The summed E-state index contributed by atoms with van der Waals surface area (Å²) in [7, 11) is 0. The van der Waals surface area contributed by atoms with E-state index in [1.807, 2.05) is 23.4 Å². The molecule has 2 aromatic carbocycles. The molecule has 0 bridgehead atoms. The predicted molar refractivity (Wildman–Crippen MR) is 117 cm³/mol. The van der Waals surface area contributed by atoms with Crippen molar-refractivity contribution >= 4 is 41.5 Å². The van der Waals surface area contributed by atoms with Crippen molar-refractivity contribution in [1.82, 2.24) is 10.2 Å². The summed E-state index contributed by atoms with van der Waals surface area (Å²) in [6, 6.07) is 14.8. The Morgan fingerprint density at radius 3 is 2.55 bits per heavy atom. The Morgan fingerprint density at radius 2 is 1.86 bits per heavy atom. The lowest BCUT2D eigenvalue weighted by atomic mass is 9.92. The van der Waals surface area contributed by atoms with E-state index in [0.29, 0.717) is 18.1 Å². The van der Waals surface area contributed by atoms with Gasteiger partial charge < -0.3 is 4.52 Å². The molecule has 0 spiro atoms. The number of fused-ring (bicyclic) bond motifs is 1. The van der Waals surface area contributed by atoms with Gasteiger partial charge in [-0.05, 0) is 43.5 Å². The summed E-state index contributed by atoms with van der Waals surface area (Å²) in [5.41, 5.74) is 2.49. The number of hydrazine groups is 1. The monoisotopic (exact) mass is 441 g/mol. The Morgan fingerprint density at radius 1 is 1.14 bits per heavy atom. The third-order valence-corrected chi connectivity index (χ3v) is 4.97. The van der Waals surface area contributed by atoms with Crippen molar-refractivity contribution in [2.24, 2.45) is 0 Å². The zero-order valence-electron chi connectivity index (χ0n) is 16.3. The summed E-state index contributed by atoms with van der Waals surface area (Å²) in [6.45, 7) is 4.50. The lowest BCUT2D eigenvalue weighted by molar-refractivity contribution is -0.0181. The molecule has 158 valence electrons. The fourth-order valence-electron chi connectivity index (χ4n) is 3.60. The van der Waals surface area contributed by atoms with Gasteiger partial charge in [0.2, 0.25) is 0 Å². The van der Waals surface area contributed by atoms with Crippen molar-refractivity contribution < 1.29 is 13.8 Å². The van der Waals surface area contributed by atoms with Crippen LogP contribution in [-0.4, -0.2) is 29.9 Å². The molecule has 1 fully saturated rings. The van der Waals surface area contributed by atoms with E-state index < -0.39 is 0 Å². The number of hydrogen-bond acceptors (Lipinski definition) is 5. The molecule has 0 saturated carbocycles. The first kappa shape index (κ1) is 23.4. The topological polar surface area (TPSA) is 41.7 Å². The molecule has 0 aliphatic carbocycles. The molecule has 8 heteroatoms. The van der Waals surface area contributed by atoms with E-state index >= 15 is 0 Å². The molecule has 2 heterocycles. The van der Waals surface area contributed by atoms with Crippen molar-refractivity contribution in [3.05, 3.63) is 60.0 Å². The van der Waals surface area contributed by atoms with Gasteiger partial charge in [-0.15, -0.1) is 24.8 Å². The van der Waals surface area contributed by atoms with Crippen molar-refractivity contribution in [3.8, 4) is 0 Å². The Labute approximate surface area is 182 Å². The van der Waals surface area contributed by atoms with Gasteiger partial charge in [0.05, 0.1) is 18.0 Å². The Balaban J connectivity index is 0.00000150. The van der Waals surface area contributed by atoms with Crippen LogP contribution in [0.3, 0.4) is 0 Å². The minimum atomic E-state index is -0.299. The third kappa shape index (κ3) is 5.20. The smallest absolute Gasteiger partial charge is 0.170 e. The molecule has 0 N–H and O–H groups in total. The molecule has 1 aliphatic heterocycles. The number of halogens is 3. The molecule has 3 aromatic rings. The van der Waals surface area contributed by atoms with Crippen LogP contribution in [0, 0.1) is 5.82 Å². The van der Waals surface area contributed by atoms with E-state index in [2.05, 4.69) is 29.2 Å². The van der Waals surface area contributed by atoms with Crippen molar-refractivity contribution in [2.45, 2.75) is 32.1 Å². The van der Waals surface area contributed by atoms with E-state index in [0.717, 1.165) is 49.1 Å². The van der Waals surface area contributed by atoms with Gasteiger partial charge in [0, 0.05) is 30.5 Å². The number of anilines is 1. The lowest BCUT2D eigenvalue weighted by Gasteiger charge is -2.39. The highest BCUT2D eigenvalue weighted by Crippen LogP contribution is 2.34. The zero-order chi connectivity index (χ0) is 18.6. The number of benzene rings is 2. The highest BCUT2D eigenvalue weighted by molar-refractivity contribution is 5.85. The molecule has 0 amide bonds. The van der Waals surface area contributed by atoms with Gasteiger partial charge in [-0.2, -0.15) is 10.2 Å². The summed E-state index contributed by atoms with van der Waals surface area (Å²) in [4.78, 5) is 6.01. The predicted octanol–water partition coefficient (Wildman–Crippen LogP) is 5.75. The van der Waals surface area contributed by atoms with E-state index in [1.165, 1.54) is 12.1 Å². The standard InChI is InChI=1S/C21H24FN3O2.2ClH/c1-2-14-26-25(18-6-4-3-5-7-18)24-12-10-16(11-13-24)21-19-9-8-17(22)15-20(19)27-23-21;;/h3-9,15-16H,2,10-14H2,1H3;2*1H. The third-order valence-electron chi connectivity index (χ3n) is 4.97. The zero-order valence-corrected chi connectivity index (χ0v) is 17.9. The molecular formula is C21H26Cl2FN3O2. The average molecular weight is 442 g/mol. The number of piperidine rings is 1. The van der Waals surface area contributed by atoms with Crippen LogP contribution >= 0.6 is 24.8 Å². The Kier molecular flexibility index (Phi) is 8.71. The molecule has 1 saturated heterocycles. The molecule has 5 nitrogen and oxygen atoms in total. The Bertz CT molecular complexity index is 886. The minimum absolute atomic E-state index is 0. The van der Waals surface area contributed by atoms with Gasteiger partial charge in [-0.1, -0.05) is 30.3 Å².